The predicted octanol–water partition coefficient (Wildman–Crippen LogP) is 6.72. The molecule has 0 heterocycles. The van der Waals surface area contributed by atoms with Crippen molar-refractivity contribution in [2.75, 3.05) is 6.79 Å². The minimum Gasteiger partial charge on any atom is -0.374 e. The van der Waals surface area contributed by atoms with Crippen molar-refractivity contribution in [2.45, 2.75) is 114 Å². The lowest BCUT2D eigenvalue weighted by Crippen LogP contribution is -2.58. The minimum atomic E-state index is -5.81. The molecule has 0 aliphatic heterocycles. The molecular formula is C23H35F7O3. The van der Waals surface area contributed by atoms with Gasteiger partial charge in [-0.3, -0.25) is 0 Å². The first kappa shape index (κ1) is 27.0. The Kier molecular flexibility index (Phi) is 7.46. The lowest BCUT2D eigenvalue weighted by Gasteiger charge is -2.45. The molecule has 0 saturated heterocycles. The zero-order valence-electron chi connectivity index (χ0n) is 19.4. The van der Waals surface area contributed by atoms with Crippen LogP contribution in [0.3, 0.4) is 0 Å². The lowest BCUT2D eigenvalue weighted by atomic mass is 9.69. The standard InChI is InChI=1S/C23H35F7O3/c1-4-14-9-19(3,12-20(24,5-2)10-14)33-13-32-18-8-15-6-16(17(18)7-15)11-21(31,22(25,26)27)23(28,29)30/h14-18,31H,4-13H2,1-3H3. The third kappa shape index (κ3) is 5.47. The molecule has 7 atom stereocenters. The first-order chi connectivity index (χ1) is 15.0. The van der Waals surface area contributed by atoms with E-state index in [-0.39, 0.29) is 31.5 Å². The van der Waals surface area contributed by atoms with Gasteiger partial charge in [0.1, 0.15) is 12.5 Å². The molecule has 0 aromatic heterocycles. The molecule has 3 saturated carbocycles. The number of alkyl halides is 7. The topological polar surface area (TPSA) is 38.7 Å². The number of halogens is 7. The van der Waals surface area contributed by atoms with Gasteiger partial charge >= 0.3 is 12.4 Å². The van der Waals surface area contributed by atoms with Gasteiger partial charge in [-0.15, -0.1) is 0 Å². The molecule has 3 aliphatic carbocycles. The average Bonchev–Trinajstić information content (AvgIpc) is 3.25. The van der Waals surface area contributed by atoms with E-state index in [0.29, 0.717) is 32.1 Å². The van der Waals surface area contributed by atoms with Gasteiger partial charge in [-0.25, -0.2) is 4.39 Å². The van der Waals surface area contributed by atoms with E-state index in [1.165, 1.54) is 0 Å². The van der Waals surface area contributed by atoms with Crippen LogP contribution in [0.5, 0.6) is 0 Å². The van der Waals surface area contributed by atoms with Gasteiger partial charge in [0.25, 0.3) is 5.60 Å². The molecule has 3 aliphatic rings. The fourth-order valence-electron chi connectivity index (χ4n) is 6.57. The molecule has 10 heteroatoms. The van der Waals surface area contributed by atoms with Crippen LogP contribution in [-0.4, -0.2) is 47.2 Å². The molecule has 3 nitrogen and oxygen atoms in total. The highest BCUT2D eigenvalue weighted by Crippen LogP contribution is 2.56. The Hall–Kier alpha value is -0.610. The SMILES string of the molecule is CCC1CC(F)(CC)CC(C)(OCOC2CC3CC(CC(O)(C(F)(F)F)C(F)(F)F)C2C3)C1. The van der Waals surface area contributed by atoms with Crippen LogP contribution in [-0.2, 0) is 9.47 Å². The molecular weight excluding hydrogens is 457 g/mol. The van der Waals surface area contributed by atoms with Crippen molar-refractivity contribution in [3.8, 4) is 0 Å². The highest BCUT2D eigenvalue weighted by Gasteiger charge is 2.71. The second-order valence-electron chi connectivity index (χ2n) is 10.8. The molecule has 33 heavy (non-hydrogen) atoms. The zero-order chi connectivity index (χ0) is 24.9. The van der Waals surface area contributed by atoms with E-state index in [1.54, 1.807) is 6.92 Å². The Morgan fingerprint density at radius 2 is 1.61 bits per heavy atom. The molecule has 3 fully saturated rings. The number of ether oxygens (including phenoxy) is 2. The summed E-state index contributed by atoms with van der Waals surface area (Å²) in [4.78, 5) is 0. The van der Waals surface area contributed by atoms with Crippen LogP contribution in [0.1, 0.15) is 78.6 Å². The fraction of sp³-hybridized carbons (Fsp3) is 1.00. The van der Waals surface area contributed by atoms with Gasteiger partial charge in [0.15, 0.2) is 0 Å². The van der Waals surface area contributed by atoms with E-state index in [1.807, 2.05) is 13.8 Å². The Bertz CT molecular complexity index is 668. The maximum Gasteiger partial charge on any atom is 0.426 e. The quantitative estimate of drug-likeness (QED) is 0.302. The number of hydrogen-bond donors (Lipinski definition) is 1. The van der Waals surface area contributed by atoms with Crippen molar-refractivity contribution in [1.82, 2.24) is 0 Å². The third-order valence-corrected chi connectivity index (χ3v) is 8.35. The number of hydrogen-bond acceptors (Lipinski definition) is 3. The van der Waals surface area contributed by atoms with E-state index in [9.17, 15) is 31.4 Å². The largest absolute Gasteiger partial charge is 0.426 e. The van der Waals surface area contributed by atoms with E-state index in [4.69, 9.17) is 9.47 Å². The van der Waals surface area contributed by atoms with Crippen LogP contribution in [0.25, 0.3) is 0 Å². The summed E-state index contributed by atoms with van der Waals surface area (Å²) in [5.74, 6) is -1.32. The van der Waals surface area contributed by atoms with Crippen molar-refractivity contribution < 1.29 is 45.3 Å². The first-order valence-corrected chi connectivity index (χ1v) is 11.8. The summed E-state index contributed by atoms with van der Waals surface area (Å²) in [6, 6.07) is 0. The van der Waals surface area contributed by atoms with E-state index < -0.39 is 53.6 Å². The van der Waals surface area contributed by atoms with Crippen molar-refractivity contribution in [1.29, 1.82) is 0 Å². The molecule has 3 rings (SSSR count). The van der Waals surface area contributed by atoms with Gasteiger partial charge in [-0.1, -0.05) is 20.3 Å². The first-order valence-electron chi connectivity index (χ1n) is 11.8. The number of rotatable bonds is 8. The van der Waals surface area contributed by atoms with Gasteiger partial charge in [-0.05, 0) is 75.5 Å². The normalized spacial score (nSPS) is 39.9. The Morgan fingerprint density at radius 1 is 0.970 bits per heavy atom. The second kappa shape index (κ2) is 9.12. The van der Waals surface area contributed by atoms with Gasteiger partial charge in [0.05, 0.1) is 11.7 Å². The van der Waals surface area contributed by atoms with Crippen LogP contribution < -0.4 is 0 Å². The Morgan fingerprint density at radius 3 is 2.12 bits per heavy atom. The Labute approximate surface area is 190 Å². The molecule has 7 unspecified atom stereocenters. The van der Waals surface area contributed by atoms with Crippen molar-refractivity contribution in [2.24, 2.45) is 23.7 Å². The second-order valence-corrected chi connectivity index (χ2v) is 10.8. The molecule has 0 aromatic rings. The van der Waals surface area contributed by atoms with Gasteiger partial charge in [0, 0.05) is 6.42 Å². The third-order valence-electron chi connectivity index (χ3n) is 8.35. The molecule has 194 valence electrons. The smallest absolute Gasteiger partial charge is 0.374 e. The van der Waals surface area contributed by atoms with Crippen LogP contribution in [0.4, 0.5) is 30.7 Å². The van der Waals surface area contributed by atoms with E-state index >= 15 is 4.39 Å². The summed E-state index contributed by atoms with van der Waals surface area (Å²) in [6.45, 7) is 5.45. The molecule has 0 amide bonds. The molecule has 1 N–H and O–H groups in total. The zero-order valence-corrected chi connectivity index (χ0v) is 19.4. The van der Waals surface area contributed by atoms with Crippen LogP contribution in [0.2, 0.25) is 0 Å². The van der Waals surface area contributed by atoms with Crippen molar-refractivity contribution in [3.05, 3.63) is 0 Å². The van der Waals surface area contributed by atoms with E-state index in [2.05, 4.69) is 0 Å². The molecule has 0 aromatic carbocycles. The van der Waals surface area contributed by atoms with Gasteiger partial charge < -0.3 is 14.6 Å². The maximum absolute atomic E-state index is 15.2. The van der Waals surface area contributed by atoms with Crippen molar-refractivity contribution in [3.63, 3.8) is 0 Å². The monoisotopic (exact) mass is 492 g/mol. The van der Waals surface area contributed by atoms with Crippen LogP contribution in [0, 0.1) is 23.7 Å². The predicted molar refractivity (Wildman–Crippen MR) is 107 cm³/mol. The fourth-order valence-corrected chi connectivity index (χ4v) is 6.57. The summed E-state index contributed by atoms with van der Waals surface area (Å²) in [5, 5.41) is 9.61. The summed E-state index contributed by atoms with van der Waals surface area (Å²) < 4.78 is 106. The molecule has 0 radical (unpaired) electrons. The summed E-state index contributed by atoms with van der Waals surface area (Å²) in [6.07, 6.45) is -9.79. The lowest BCUT2D eigenvalue weighted by molar-refractivity contribution is -0.373. The number of aliphatic hydroxyl groups is 1. The van der Waals surface area contributed by atoms with Gasteiger partial charge in [-0.2, -0.15) is 26.3 Å². The van der Waals surface area contributed by atoms with Crippen LogP contribution >= 0.6 is 0 Å². The van der Waals surface area contributed by atoms with Crippen LogP contribution in [0.15, 0.2) is 0 Å². The summed E-state index contributed by atoms with van der Waals surface area (Å²) in [7, 11) is 0. The van der Waals surface area contributed by atoms with Crippen molar-refractivity contribution >= 4 is 0 Å². The Balaban J connectivity index is 1.60. The number of fused-ring (bicyclic) bond motifs is 2. The molecule has 0 spiro atoms. The minimum absolute atomic E-state index is 0.0379. The maximum atomic E-state index is 15.2. The summed E-state index contributed by atoms with van der Waals surface area (Å²) >= 11 is 0. The average molecular weight is 493 g/mol. The van der Waals surface area contributed by atoms with E-state index in [0.717, 1.165) is 6.42 Å². The summed E-state index contributed by atoms with van der Waals surface area (Å²) in [5.41, 5.74) is -6.80. The van der Waals surface area contributed by atoms with Gasteiger partial charge in [0.2, 0.25) is 0 Å². The highest BCUT2D eigenvalue weighted by molar-refractivity contribution is 5.03. The highest BCUT2D eigenvalue weighted by atomic mass is 19.4. The molecule has 2 bridgehead atoms.